The summed E-state index contributed by atoms with van der Waals surface area (Å²) in [4.78, 5) is 21.5. The minimum absolute atomic E-state index is 0.125. The number of nitrogens with zero attached hydrogens (tertiary/aromatic N) is 3. The van der Waals surface area contributed by atoms with Gasteiger partial charge in [-0.05, 0) is 75.5 Å². The number of benzene rings is 1. The van der Waals surface area contributed by atoms with Gasteiger partial charge in [-0.1, -0.05) is 0 Å². The summed E-state index contributed by atoms with van der Waals surface area (Å²) >= 11 is 0. The Morgan fingerprint density at radius 1 is 1.22 bits per heavy atom. The number of carbonyl (C=O) groups is 1. The van der Waals surface area contributed by atoms with Crippen molar-refractivity contribution in [1.29, 1.82) is 0 Å². The number of anilines is 2. The van der Waals surface area contributed by atoms with Crippen LogP contribution in [0, 0.1) is 6.92 Å². The molecule has 4 rings (SSSR count). The molecule has 0 bridgehead atoms. The van der Waals surface area contributed by atoms with Crippen molar-refractivity contribution in [3.63, 3.8) is 0 Å². The molecular formula is C22H28N4O. The van der Waals surface area contributed by atoms with Gasteiger partial charge in [-0.3, -0.25) is 14.7 Å². The highest BCUT2D eigenvalue weighted by atomic mass is 16.1. The molecular weight excluding hydrogens is 336 g/mol. The van der Waals surface area contributed by atoms with E-state index in [1.807, 2.05) is 6.07 Å². The Morgan fingerprint density at radius 3 is 2.81 bits per heavy atom. The van der Waals surface area contributed by atoms with Gasteiger partial charge in [0.05, 0.1) is 5.56 Å². The smallest absolute Gasteiger partial charge is 0.257 e. The lowest BCUT2D eigenvalue weighted by Crippen LogP contribution is -2.39. The molecule has 3 heterocycles. The van der Waals surface area contributed by atoms with Crippen molar-refractivity contribution in [2.75, 3.05) is 29.9 Å². The molecule has 5 heteroatoms. The monoisotopic (exact) mass is 364 g/mol. The summed E-state index contributed by atoms with van der Waals surface area (Å²) in [6.07, 6.45) is 7.16. The molecule has 1 aromatic carbocycles. The Balaban J connectivity index is 1.42. The van der Waals surface area contributed by atoms with Crippen LogP contribution in [-0.2, 0) is 0 Å². The van der Waals surface area contributed by atoms with Gasteiger partial charge in [0.25, 0.3) is 5.91 Å². The molecule has 1 N–H and O–H groups in total. The van der Waals surface area contributed by atoms with Gasteiger partial charge >= 0.3 is 0 Å². The van der Waals surface area contributed by atoms with Crippen LogP contribution in [0.4, 0.5) is 11.4 Å². The third kappa shape index (κ3) is 3.83. The van der Waals surface area contributed by atoms with E-state index in [9.17, 15) is 4.79 Å². The molecule has 1 aromatic heterocycles. The summed E-state index contributed by atoms with van der Waals surface area (Å²) in [5, 5.41) is 2.97. The number of hydrogen-bond acceptors (Lipinski definition) is 4. The fraction of sp³-hybridized carbons (Fsp3) is 0.455. The molecule has 142 valence electrons. The van der Waals surface area contributed by atoms with E-state index in [-0.39, 0.29) is 5.91 Å². The second kappa shape index (κ2) is 7.69. The quantitative estimate of drug-likeness (QED) is 0.899. The Morgan fingerprint density at radius 2 is 2.11 bits per heavy atom. The number of carbonyl (C=O) groups excluding carboxylic acids is 1. The number of nitrogens with one attached hydrogen (secondary N) is 1. The maximum atomic E-state index is 12.3. The second-order valence-electron chi connectivity index (χ2n) is 7.81. The Labute approximate surface area is 161 Å². The first-order valence-electron chi connectivity index (χ1n) is 9.94. The van der Waals surface area contributed by atoms with E-state index in [0.717, 1.165) is 24.8 Å². The van der Waals surface area contributed by atoms with Crippen LogP contribution in [0.15, 0.2) is 42.7 Å². The zero-order chi connectivity index (χ0) is 18.8. The van der Waals surface area contributed by atoms with Gasteiger partial charge in [-0.15, -0.1) is 0 Å². The van der Waals surface area contributed by atoms with Gasteiger partial charge in [0, 0.05) is 48.9 Å². The fourth-order valence-corrected chi connectivity index (χ4v) is 4.52. The van der Waals surface area contributed by atoms with Crippen molar-refractivity contribution in [2.24, 2.45) is 0 Å². The number of amides is 1. The highest BCUT2D eigenvalue weighted by molar-refractivity contribution is 6.04. The van der Waals surface area contributed by atoms with E-state index in [4.69, 9.17) is 0 Å². The molecule has 2 saturated heterocycles. The van der Waals surface area contributed by atoms with Crippen LogP contribution >= 0.6 is 0 Å². The first-order chi connectivity index (χ1) is 13.1. The summed E-state index contributed by atoms with van der Waals surface area (Å²) in [6, 6.07) is 11.1. The molecule has 0 spiro atoms. The average Bonchev–Trinajstić information content (AvgIpc) is 3.31. The lowest BCUT2D eigenvalue weighted by atomic mass is 10.1. The largest absolute Gasteiger partial charge is 0.370 e. The average molecular weight is 364 g/mol. The summed E-state index contributed by atoms with van der Waals surface area (Å²) < 4.78 is 0. The van der Waals surface area contributed by atoms with Crippen molar-refractivity contribution >= 4 is 17.3 Å². The van der Waals surface area contributed by atoms with Crippen LogP contribution in [0.25, 0.3) is 0 Å². The first-order valence-corrected chi connectivity index (χ1v) is 9.94. The normalized spacial score (nSPS) is 23.0. The van der Waals surface area contributed by atoms with Crippen molar-refractivity contribution in [3.05, 3.63) is 53.9 Å². The summed E-state index contributed by atoms with van der Waals surface area (Å²) in [5.41, 5.74) is 3.88. The van der Waals surface area contributed by atoms with Gasteiger partial charge in [-0.25, -0.2) is 0 Å². The van der Waals surface area contributed by atoms with Crippen LogP contribution in [-0.4, -0.2) is 47.5 Å². The number of hydrogen-bond donors (Lipinski definition) is 1. The summed E-state index contributed by atoms with van der Waals surface area (Å²) in [5.74, 6) is -0.125. The summed E-state index contributed by atoms with van der Waals surface area (Å²) in [7, 11) is 0. The topological polar surface area (TPSA) is 48.5 Å². The lowest BCUT2D eigenvalue weighted by molar-refractivity contribution is 0.102. The molecule has 2 aromatic rings. The zero-order valence-electron chi connectivity index (χ0n) is 16.2. The number of aryl methyl sites for hydroxylation is 1. The third-order valence-electron chi connectivity index (χ3n) is 5.96. The van der Waals surface area contributed by atoms with E-state index in [0.29, 0.717) is 11.6 Å². The zero-order valence-corrected chi connectivity index (χ0v) is 16.2. The Kier molecular flexibility index (Phi) is 5.12. The number of likely N-dealkylation sites (tertiary alicyclic amines) is 1. The number of pyridine rings is 1. The minimum Gasteiger partial charge on any atom is -0.370 e. The molecule has 27 heavy (non-hydrogen) atoms. The van der Waals surface area contributed by atoms with Gasteiger partial charge in [0.1, 0.15) is 0 Å². The molecule has 2 unspecified atom stereocenters. The highest BCUT2D eigenvalue weighted by Crippen LogP contribution is 2.31. The Hall–Kier alpha value is -2.40. The third-order valence-corrected chi connectivity index (χ3v) is 5.96. The van der Waals surface area contributed by atoms with Crippen LogP contribution in [0.3, 0.4) is 0 Å². The van der Waals surface area contributed by atoms with Crippen molar-refractivity contribution < 1.29 is 4.79 Å². The van der Waals surface area contributed by atoms with Crippen LogP contribution in [0.1, 0.15) is 42.1 Å². The van der Waals surface area contributed by atoms with E-state index < -0.39 is 0 Å². The molecule has 0 saturated carbocycles. The van der Waals surface area contributed by atoms with E-state index in [1.165, 1.54) is 37.1 Å². The van der Waals surface area contributed by atoms with E-state index in [2.05, 4.69) is 46.1 Å². The highest BCUT2D eigenvalue weighted by Gasteiger charge is 2.33. The maximum absolute atomic E-state index is 12.3. The molecule has 2 aliphatic rings. The van der Waals surface area contributed by atoms with Gasteiger partial charge < -0.3 is 10.2 Å². The van der Waals surface area contributed by atoms with Gasteiger partial charge in [0.15, 0.2) is 0 Å². The molecule has 1 amide bonds. The van der Waals surface area contributed by atoms with Crippen LogP contribution in [0.5, 0.6) is 0 Å². The number of rotatable bonds is 4. The number of aromatic nitrogens is 1. The van der Waals surface area contributed by atoms with E-state index >= 15 is 0 Å². The SMILES string of the molecule is Cc1cc(NC(=O)c2cccnc2)ccc1N1CCC(N2CCCC2C)C1. The predicted octanol–water partition coefficient (Wildman–Crippen LogP) is 3.71. The standard InChI is InChI=1S/C22H28N4O/c1-16-13-19(24-22(27)18-6-3-10-23-14-18)7-8-21(16)25-12-9-20(15-25)26-11-4-5-17(26)2/h3,6-8,10,13-14,17,20H,4-5,9,11-12,15H2,1-2H3,(H,24,27). The second-order valence-corrected chi connectivity index (χ2v) is 7.81. The van der Waals surface area contributed by atoms with E-state index in [1.54, 1.807) is 24.5 Å². The maximum Gasteiger partial charge on any atom is 0.257 e. The molecule has 0 radical (unpaired) electrons. The van der Waals surface area contributed by atoms with Crippen LogP contribution < -0.4 is 10.2 Å². The fourth-order valence-electron chi connectivity index (χ4n) is 4.52. The minimum atomic E-state index is -0.125. The molecule has 2 aliphatic heterocycles. The molecule has 5 nitrogen and oxygen atoms in total. The van der Waals surface area contributed by atoms with Gasteiger partial charge in [0.2, 0.25) is 0 Å². The molecule has 2 atom stereocenters. The Bertz CT molecular complexity index is 807. The van der Waals surface area contributed by atoms with Crippen molar-refractivity contribution in [3.8, 4) is 0 Å². The summed E-state index contributed by atoms with van der Waals surface area (Å²) in [6.45, 7) is 7.95. The van der Waals surface area contributed by atoms with Crippen LogP contribution in [0.2, 0.25) is 0 Å². The van der Waals surface area contributed by atoms with Crippen molar-refractivity contribution in [2.45, 2.75) is 45.2 Å². The first kappa shape index (κ1) is 18.0. The van der Waals surface area contributed by atoms with Gasteiger partial charge in [-0.2, -0.15) is 0 Å². The lowest BCUT2D eigenvalue weighted by Gasteiger charge is -2.29. The molecule has 0 aliphatic carbocycles. The predicted molar refractivity (Wildman–Crippen MR) is 109 cm³/mol. The molecule has 2 fully saturated rings. The van der Waals surface area contributed by atoms with Crippen molar-refractivity contribution in [1.82, 2.24) is 9.88 Å².